The number of anilines is 1. The van der Waals surface area contributed by atoms with Gasteiger partial charge in [-0.2, -0.15) is 13.2 Å². The fourth-order valence-corrected chi connectivity index (χ4v) is 3.69. The summed E-state index contributed by atoms with van der Waals surface area (Å²) < 4.78 is 47.2. The summed E-state index contributed by atoms with van der Waals surface area (Å²) in [6, 6.07) is 10.1. The topological polar surface area (TPSA) is 86.2 Å². The van der Waals surface area contributed by atoms with Gasteiger partial charge >= 0.3 is 6.18 Å². The van der Waals surface area contributed by atoms with Crippen LogP contribution in [0.2, 0.25) is 0 Å². The number of aromatic nitrogens is 3. The van der Waals surface area contributed by atoms with Gasteiger partial charge in [-0.3, -0.25) is 0 Å². The zero-order valence-electron chi connectivity index (χ0n) is 18.3. The lowest BCUT2D eigenvalue weighted by atomic mass is 10.1. The van der Waals surface area contributed by atoms with Crippen molar-refractivity contribution in [3.05, 3.63) is 66.1 Å². The zero-order valence-corrected chi connectivity index (χ0v) is 18.3. The molecule has 2 aromatic carbocycles. The SMILES string of the molecule is CC(O)c1ccc(C(F)(F)F)cc1Oc1ccc(-c2cn(C(C)C)c3ncnc(N)c23)cc1. The summed E-state index contributed by atoms with van der Waals surface area (Å²) in [6.45, 7) is 5.54. The van der Waals surface area contributed by atoms with Crippen molar-refractivity contribution in [2.24, 2.45) is 0 Å². The maximum absolute atomic E-state index is 13.2. The number of nitrogen functional groups attached to an aromatic ring is 1. The number of hydrogen-bond acceptors (Lipinski definition) is 5. The van der Waals surface area contributed by atoms with Crippen molar-refractivity contribution in [1.82, 2.24) is 14.5 Å². The third kappa shape index (κ3) is 4.36. The molecule has 3 N–H and O–H groups in total. The molecule has 0 fully saturated rings. The van der Waals surface area contributed by atoms with E-state index >= 15 is 0 Å². The second-order valence-corrected chi connectivity index (χ2v) is 8.05. The van der Waals surface area contributed by atoms with Crippen LogP contribution in [0.3, 0.4) is 0 Å². The standard InChI is InChI=1S/C24H23F3N4O2/c1-13(2)31-11-19(21-22(28)29-12-30-23(21)31)15-4-7-17(8-5-15)33-20-10-16(24(25,26)27)6-9-18(20)14(3)32/h4-14,32H,1-3H3,(H2,28,29,30). The molecule has 0 saturated carbocycles. The van der Waals surface area contributed by atoms with Crippen LogP contribution in [-0.4, -0.2) is 19.6 Å². The number of alkyl halides is 3. The lowest BCUT2D eigenvalue weighted by Gasteiger charge is -2.16. The molecule has 9 heteroatoms. The molecule has 0 aliphatic carbocycles. The maximum atomic E-state index is 13.2. The number of hydrogen-bond donors (Lipinski definition) is 2. The predicted molar refractivity (Wildman–Crippen MR) is 120 cm³/mol. The Bertz CT molecular complexity index is 1300. The number of halogens is 3. The van der Waals surface area contributed by atoms with E-state index in [4.69, 9.17) is 10.5 Å². The van der Waals surface area contributed by atoms with Gasteiger partial charge in [0.2, 0.25) is 0 Å². The molecule has 33 heavy (non-hydrogen) atoms. The van der Waals surface area contributed by atoms with Gasteiger partial charge in [0.25, 0.3) is 0 Å². The fourth-order valence-electron chi connectivity index (χ4n) is 3.69. The van der Waals surface area contributed by atoms with E-state index in [1.165, 1.54) is 19.3 Å². The minimum Gasteiger partial charge on any atom is -0.457 e. The van der Waals surface area contributed by atoms with Crippen LogP contribution in [0.25, 0.3) is 22.2 Å². The zero-order chi connectivity index (χ0) is 23.9. The van der Waals surface area contributed by atoms with Gasteiger partial charge < -0.3 is 20.1 Å². The Hall–Kier alpha value is -3.59. The van der Waals surface area contributed by atoms with Gasteiger partial charge in [-0.25, -0.2) is 9.97 Å². The molecule has 6 nitrogen and oxygen atoms in total. The molecule has 0 aliphatic heterocycles. The molecule has 0 spiro atoms. The first-order valence-electron chi connectivity index (χ1n) is 10.3. The third-order valence-electron chi connectivity index (χ3n) is 5.38. The summed E-state index contributed by atoms with van der Waals surface area (Å²) in [7, 11) is 0. The Kier molecular flexibility index (Phi) is 5.75. The van der Waals surface area contributed by atoms with Crippen LogP contribution in [0.5, 0.6) is 11.5 Å². The van der Waals surface area contributed by atoms with E-state index in [1.807, 2.05) is 24.6 Å². The summed E-state index contributed by atoms with van der Waals surface area (Å²) in [5.41, 5.74) is 7.93. The van der Waals surface area contributed by atoms with E-state index in [9.17, 15) is 18.3 Å². The van der Waals surface area contributed by atoms with Crippen LogP contribution in [0.1, 0.15) is 44.0 Å². The molecule has 2 heterocycles. The summed E-state index contributed by atoms with van der Waals surface area (Å²) in [4.78, 5) is 8.48. The molecule has 4 rings (SSSR count). The fraction of sp³-hybridized carbons (Fsp3) is 0.250. The summed E-state index contributed by atoms with van der Waals surface area (Å²) in [6.07, 6.45) is -2.14. The number of nitrogens with zero attached hydrogens (tertiary/aromatic N) is 3. The Morgan fingerprint density at radius 3 is 2.33 bits per heavy atom. The van der Waals surface area contributed by atoms with Gasteiger partial charge in [-0.15, -0.1) is 0 Å². The Balaban J connectivity index is 1.71. The molecular formula is C24H23F3N4O2. The van der Waals surface area contributed by atoms with E-state index in [2.05, 4.69) is 9.97 Å². The minimum absolute atomic E-state index is 0.0540. The molecule has 0 radical (unpaired) electrons. The highest BCUT2D eigenvalue weighted by molar-refractivity contribution is 6.00. The van der Waals surface area contributed by atoms with E-state index in [-0.39, 0.29) is 17.4 Å². The molecule has 2 aromatic heterocycles. The van der Waals surface area contributed by atoms with Gasteiger partial charge in [0.15, 0.2) is 0 Å². The number of nitrogens with two attached hydrogens (primary N) is 1. The Labute approximate surface area is 188 Å². The van der Waals surface area contributed by atoms with Crippen LogP contribution >= 0.6 is 0 Å². The van der Waals surface area contributed by atoms with Gasteiger partial charge in [0.05, 0.1) is 17.1 Å². The average molecular weight is 456 g/mol. The molecule has 1 unspecified atom stereocenters. The van der Waals surface area contributed by atoms with E-state index in [0.717, 1.165) is 34.3 Å². The summed E-state index contributed by atoms with van der Waals surface area (Å²) in [5, 5.41) is 10.7. The van der Waals surface area contributed by atoms with Crippen molar-refractivity contribution in [2.45, 2.75) is 39.1 Å². The number of benzene rings is 2. The molecule has 0 aliphatic rings. The maximum Gasteiger partial charge on any atom is 0.416 e. The number of ether oxygens (including phenoxy) is 1. The molecular weight excluding hydrogens is 433 g/mol. The van der Waals surface area contributed by atoms with Crippen molar-refractivity contribution >= 4 is 16.9 Å². The van der Waals surface area contributed by atoms with Crippen LogP contribution in [0.15, 0.2) is 55.0 Å². The van der Waals surface area contributed by atoms with Crippen LogP contribution < -0.4 is 10.5 Å². The van der Waals surface area contributed by atoms with Gasteiger partial charge in [0.1, 0.15) is 29.3 Å². The van der Waals surface area contributed by atoms with Crippen molar-refractivity contribution in [3.63, 3.8) is 0 Å². The molecule has 0 amide bonds. The number of fused-ring (bicyclic) bond motifs is 1. The molecule has 0 saturated heterocycles. The monoisotopic (exact) mass is 456 g/mol. The predicted octanol–water partition coefficient (Wildman–Crippen LogP) is 6.13. The molecule has 172 valence electrons. The lowest BCUT2D eigenvalue weighted by Crippen LogP contribution is -2.06. The smallest absolute Gasteiger partial charge is 0.416 e. The highest BCUT2D eigenvalue weighted by atomic mass is 19.4. The number of aliphatic hydroxyl groups excluding tert-OH is 1. The van der Waals surface area contributed by atoms with Gasteiger partial charge in [-0.05, 0) is 50.6 Å². The second-order valence-electron chi connectivity index (χ2n) is 8.05. The summed E-state index contributed by atoms with van der Waals surface area (Å²) >= 11 is 0. The summed E-state index contributed by atoms with van der Waals surface area (Å²) in [5.74, 6) is 0.638. The van der Waals surface area contributed by atoms with E-state index < -0.39 is 17.8 Å². The highest BCUT2D eigenvalue weighted by Gasteiger charge is 2.31. The first-order chi connectivity index (χ1) is 15.6. The van der Waals surface area contributed by atoms with E-state index in [0.29, 0.717) is 11.6 Å². The first kappa shape index (κ1) is 22.6. The quantitative estimate of drug-likeness (QED) is 0.378. The first-order valence-corrected chi connectivity index (χ1v) is 10.3. The van der Waals surface area contributed by atoms with Crippen LogP contribution in [0, 0.1) is 0 Å². The van der Waals surface area contributed by atoms with Crippen molar-refractivity contribution in [3.8, 4) is 22.6 Å². The minimum atomic E-state index is -4.52. The van der Waals surface area contributed by atoms with Crippen LogP contribution in [0.4, 0.5) is 19.0 Å². The highest BCUT2D eigenvalue weighted by Crippen LogP contribution is 2.38. The molecule has 4 aromatic rings. The normalized spacial score (nSPS) is 13.0. The average Bonchev–Trinajstić information content (AvgIpc) is 3.15. The van der Waals surface area contributed by atoms with Crippen LogP contribution in [-0.2, 0) is 6.18 Å². The molecule has 0 bridgehead atoms. The Morgan fingerprint density at radius 1 is 1.03 bits per heavy atom. The molecule has 1 atom stereocenters. The van der Waals surface area contributed by atoms with Gasteiger partial charge in [0, 0.05) is 23.4 Å². The lowest BCUT2D eigenvalue weighted by molar-refractivity contribution is -0.137. The largest absolute Gasteiger partial charge is 0.457 e. The van der Waals surface area contributed by atoms with Crippen molar-refractivity contribution in [2.75, 3.05) is 5.73 Å². The Morgan fingerprint density at radius 2 is 1.73 bits per heavy atom. The van der Waals surface area contributed by atoms with Crippen molar-refractivity contribution < 1.29 is 23.0 Å². The van der Waals surface area contributed by atoms with Gasteiger partial charge in [-0.1, -0.05) is 18.2 Å². The number of rotatable bonds is 5. The second kappa shape index (κ2) is 8.40. The van der Waals surface area contributed by atoms with E-state index in [1.54, 1.807) is 24.3 Å². The number of aliphatic hydroxyl groups is 1. The van der Waals surface area contributed by atoms with Crippen molar-refractivity contribution in [1.29, 1.82) is 0 Å². The third-order valence-corrected chi connectivity index (χ3v) is 5.38.